The van der Waals surface area contributed by atoms with Crippen molar-refractivity contribution in [3.63, 3.8) is 0 Å². The highest BCUT2D eigenvalue weighted by atomic mass is 16.6. The highest BCUT2D eigenvalue weighted by molar-refractivity contribution is 6.32. The van der Waals surface area contributed by atoms with Crippen molar-refractivity contribution in [3.8, 4) is 0 Å². The van der Waals surface area contributed by atoms with Crippen LogP contribution in [0, 0.1) is 10.1 Å². The summed E-state index contributed by atoms with van der Waals surface area (Å²) in [5.41, 5.74) is 2.64. The molecule has 0 unspecified atom stereocenters. The molecule has 0 radical (unpaired) electrons. The lowest BCUT2D eigenvalue weighted by atomic mass is 10.1. The number of carbonyl (C=O) groups is 2. The van der Waals surface area contributed by atoms with Crippen LogP contribution >= 0.6 is 0 Å². The summed E-state index contributed by atoms with van der Waals surface area (Å²) in [5.74, 6) is -0.950. The third-order valence-corrected chi connectivity index (χ3v) is 4.65. The van der Waals surface area contributed by atoms with Crippen molar-refractivity contribution < 1.29 is 19.2 Å². The fourth-order valence-corrected chi connectivity index (χ4v) is 3.09. The molecule has 3 rings (SSSR count). The quantitative estimate of drug-likeness (QED) is 0.299. The van der Waals surface area contributed by atoms with Crippen LogP contribution in [-0.4, -0.2) is 29.1 Å². The van der Waals surface area contributed by atoms with E-state index in [2.05, 4.69) is 10.4 Å². The van der Waals surface area contributed by atoms with E-state index in [-0.39, 0.29) is 30.0 Å². The van der Waals surface area contributed by atoms with Crippen LogP contribution in [0.2, 0.25) is 0 Å². The number of aryl methyl sites for hydroxylation is 1. The SMILES string of the molecule is CCOC(=O)CC1=NN(c2ccc([N+](=O)[O-])cc2)C(=O)C1=CNc1ccccc1CC. The minimum absolute atomic E-state index is 0.0975. The van der Waals surface area contributed by atoms with Gasteiger partial charge in [-0.15, -0.1) is 0 Å². The molecule has 2 aromatic carbocycles. The molecule has 2 aromatic rings. The fraction of sp³-hybridized carbons (Fsp3) is 0.227. The van der Waals surface area contributed by atoms with Gasteiger partial charge in [-0.05, 0) is 37.1 Å². The molecule has 1 aliphatic heterocycles. The molecule has 0 aromatic heterocycles. The topological polar surface area (TPSA) is 114 Å². The number of hydrogen-bond donors (Lipinski definition) is 1. The smallest absolute Gasteiger partial charge is 0.311 e. The summed E-state index contributed by atoms with van der Waals surface area (Å²) in [6.45, 7) is 3.94. The molecule has 1 heterocycles. The second kappa shape index (κ2) is 9.66. The van der Waals surface area contributed by atoms with Gasteiger partial charge in [0.05, 0.1) is 34.9 Å². The third-order valence-electron chi connectivity index (χ3n) is 4.65. The van der Waals surface area contributed by atoms with Crippen molar-refractivity contribution in [1.29, 1.82) is 0 Å². The number of amides is 1. The lowest BCUT2D eigenvalue weighted by molar-refractivity contribution is -0.384. The zero-order valence-electron chi connectivity index (χ0n) is 17.2. The Morgan fingerprint density at radius 3 is 2.55 bits per heavy atom. The number of benzene rings is 2. The monoisotopic (exact) mass is 422 g/mol. The summed E-state index contributed by atoms with van der Waals surface area (Å²) in [7, 11) is 0. The molecular formula is C22H22N4O5. The maximum atomic E-state index is 13.1. The maximum Gasteiger partial charge on any atom is 0.311 e. The van der Waals surface area contributed by atoms with Crippen LogP contribution in [0.3, 0.4) is 0 Å². The first kappa shape index (κ1) is 21.7. The molecule has 1 aliphatic rings. The first-order valence-corrected chi connectivity index (χ1v) is 9.81. The molecule has 1 N–H and O–H groups in total. The second-order valence-electron chi connectivity index (χ2n) is 6.63. The summed E-state index contributed by atoms with van der Waals surface area (Å²) in [5, 5.41) is 19.4. The number of esters is 1. The van der Waals surface area contributed by atoms with Crippen LogP contribution in [0.4, 0.5) is 17.1 Å². The largest absolute Gasteiger partial charge is 0.466 e. The van der Waals surface area contributed by atoms with Gasteiger partial charge in [0.15, 0.2) is 0 Å². The van der Waals surface area contributed by atoms with Gasteiger partial charge in [-0.2, -0.15) is 10.1 Å². The molecule has 31 heavy (non-hydrogen) atoms. The standard InChI is InChI=1S/C22H22N4O5/c1-3-15-7-5-6-8-19(15)23-14-18-20(13-21(27)31-4-2)24-25(22(18)28)16-9-11-17(12-10-16)26(29)30/h5-12,14,23H,3-4,13H2,1-2H3. The number of ether oxygens (including phenoxy) is 1. The second-order valence-corrected chi connectivity index (χ2v) is 6.63. The summed E-state index contributed by atoms with van der Waals surface area (Å²) in [4.78, 5) is 35.5. The average molecular weight is 422 g/mol. The maximum absolute atomic E-state index is 13.1. The number of hydrogen-bond acceptors (Lipinski definition) is 7. The zero-order valence-corrected chi connectivity index (χ0v) is 17.2. The predicted octanol–water partition coefficient (Wildman–Crippen LogP) is 3.81. The van der Waals surface area contributed by atoms with E-state index in [1.807, 2.05) is 31.2 Å². The molecule has 0 atom stereocenters. The molecular weight excluding hydrogens is 400 g/mol. The number of carbonyl (C=O) groups excluding carboxylic acids is 2. The number of rotatable bonds is 8. The van der Waals surface area contributed by atoms with Crippen molar-refractivity contribution in [1.82, 2.24) is 0 Å². The van der Waals surface area contributed by atoms with Gasteiger partial charge < -0.3 is 10.1 Å². The van der Waals surface area contributed by atoms with Crippen molar-refractivity contribution in [2.75, 3.05) is 16.9 Å². The summed E-state index contributed by atoms with van der Waals surface area (Å²) in [6, 6.07) is 13.1. The zero-order chi connectivity index (χ0) is 22.4. The van der Waals surface area contributed by atoms with Crippen LogP contribution in [0.25, 0.3) is 0 Å². The third kappa shape index (κ3) is 4.95. The molecule has 0 saturated heterocycles. The Morgan fingerprint density at radius 2 is 1.90 bits per heavy atom. The minimum Gasteiger partial charge on any atom is -0.466 e. The van der Waals surface area contributed by atoms with E-state index in [4.69, 9.17) is 4.74 Å². The fourth-order valence-electron chi connectivity index (χ4n) is 3.09. The Kier molecular flexibility index (Phi) is 6.76. The Morgan fingerprint density at radius 1 is 1.19 bits per heavy atom. The Labute approximate surface area is 179 Å². The van der Waals surface area contributed by atoms with Crippen molar-refractivity contribution in [2.45, 2.75) is 26.7 Å². The lowest BCUT2D eigenvalue weighted by Gasteiger charge is -2.11. The van der Waals surface area contributed by atoms with E-state index in [9.17, 15) is 19.7 Å². The van der Waals surface area contributed by atoms with Crippen molar-refractivity contribution in [2.24, 2.45) is 5.10 Å². The van der Waals surface area contributed by atoms with Gasteiger partial charge in [0.25, 0.3) is 11.6 Å². The first-order chi connectivity index (χ1) is 14.9. The highest BCUT2D eigenvalue weighted by Gasteiger charge is 2.33. The molecule has 9 heteroatoms. The molecule has 0 spiro atoms. The lowest BCUT2D eigenvalue weighted by Crippen LogP contribution is -2.22. The van der Waals surface area contributed by atoms with Crippen LogP contribution in [0.1, 0.15) is 25.8 Å². The first-order valence-electron chi connectivity index (χ1n) is 9.81. The predicted molar refractivity (Wildman–Crippen MR) is 117 cm³/mol. The number of nitro benzene ring substituents is 1. The number of para-hydroxylation sites is 1. The Balaban J connectivity index is 1.92. The van der Waals surface area contributed by atoms with Crippen LogP contribution in [0.5, 0.6) is 0 Å². The molecule has 1 amide bonds. The van der Waals surface area contributed by atoms with Crippen LogP contribution in [-0.2, 0) is 20.7 Å². The number of non-ortho nitro benzene ring substituents is 1. The van der Waals surface area contributed by atoms with Gasteiger partial charge in [0, 0.05) is 24.0 Å². The van der Waals surface area contributed by atoms with E-state index in [1.165, 1.54) is 30.5 Å². The number of nitrogens with one attached hydrogen (secondary N) is 1. The van der Waals surface area contributed by atoms with Gasteiger partial charge in [0.2, 0.25) is 0 Å². The van der Waals surface area contributed by atoms with Gasteiger partial charge >= 0.3 is 5.97 Å². The molecule has 160 valence electrons. The average Bonchev–Trinajstić information content (AvgIpc) is 3.07. The van der Waals surface area contributed by atoms with E-state index in [1.54, 1.807) is 6.92 Å². The molecule has 0 bridgehead atoms. The number of anilines is 2. The number of hydrazone groups is 1. The minimum atomic E-state index is -0.522. The Hall–Kier alpha value is -4.01. The normalized spacial score (nSPS) is 14.5. The summed E-state index contributed by atoms with van der Waals surface area (Å²) in [6.07, 6.45) is 2.16. The van der Waals surface area contributed by atoms with Gasteiger partial charge in [-0.3, -0.25) is 19.7 Å². The number of nitrogens with zero attached hydrogens (tertiary/aromatic N) is 3. The number of nitro groups is 1. The van der Waals surface area contributed by atoms with E-state index < -0.39 is 16.8 Å². The summed E-state index contributed by atoms with van der Waals surface area (Å²) < 4.78 is 5.00. The van der Waals surface area contributed by atoms with Crippen LogP contribution < -0.4 is 10.3 Å². The van der Waals surface area contributed by atoms with E-state index >= 15 is 0 Å². The molecule has 0 aliphatic carbocycles. The van der Waals surface area contributed by atoms with Crippen molar-refractivity contribution >= 4 is 34.7 Å². The van der Waals surface area contributed by atoms with Gasteiger partial charge in [-0.25, -0.2) is 0 Å². The van der Waals surface area contributed by atoms with Crippen LogP contribution in [0.15, 0.2) is 65.4 Å². The van der Waals surface area contributed by atoms with E-state index in [0.717, 1.165) is 22.7 Å². The highest BCUT2D eigenvalue weighted by Crippen LogP contribution is 2.27. The van der Waals surface area contributed by atoms with Gasteiger partial charge in [0.1, 0.15) is 0 Å². The van der Waals surface area contributed by atoms with Gasteiger partial charge in [-0.1, -0.05) is 25.1 Å². The molecule has 9 nitrogen and oxygen atoms in total. The summed E-state index contributed by atoms with van der Waals surface area (Å²) >= 11 is 0. The Bertz CT molecular complexity index is 1060. The molecule has 0 saturated carbocycles. The van der Waals surface area contributed by atoms with E-state index in [0.29, 0.717) is 5.69 Å². The molecule has 0 fully saturated rings. The van der Waals surface area contributed by atoms with Crippen molar-refractivity contribution in [3.05, 3.63) is 76.0 Å².